The second-order valence-corrected chi connectivity index (χ2v) is 5.76. The van der Waals surface area contributed by atoms with Crippen LogP contribution >= 0.6 is 22.6 Å². The second-order valence-electron chi connectivity index (χ2n) is 4.60. The maximum absolute atomic E-state index is 6.03. The van der Waals surface area contributed by atoms with E-state index in [0.717, 1.165) is 30.9 Å². The molecule has 2 nitrogen and oxygen atoms in total. The average Bonchev–Trinajstić information content (AvgIpc) is 2.90. The van der Waals surface area contributed by atoms with Crippen LogP contribution in [0.15, 0.2) is 40.8 Å². The van der Waals surface area contributed by atoms with E-state index in [1.165, 1.54) is 9.13 Å². The second kappa shape index (κ2) is 7.10. The van der Waals surface area contributed by atoms with Crippen LogP contribution in [0, 0.1) is 3.57 Å². The molecule has 1 N–H and O–H groups in total. The molecule has 2 rings (SSSR count). The van der Waals surface area contributed by atoms with Crippen LogP contribution in [-0.2, 0) is 0 Å². The molecule has 0 spiro atoms. The minimum Gasteiger partial charge on any atom is -0.459 e. The minimum atomic E-state index is 0.315. The Labute approximate surface area is 128 Å². The van der Waals surface area contributed by atoms with Gasteiger partial charge in [-0.3, -0.25) is 0 Å². The van der Waals surface area contributed by atoms with Crippen LogP contribution in [0.1, 0.15) is 38.5 Å². The van der Waals surface area contributed by atoms with Gasteiger partial charge in [-0.05, 0) is 60.2 Å². The quantitative estimate of drug-likeness (QED) is 0.725. The van der Waals surface area contributed by atoms with E-state index >= 15 is 0 Å². The monoisotopic (exact) mass is 369 g/mol. The van der Waals surface area contributed by atoms with Crippen molar-refractivity contribution >= 4 is 22.6 Å². The summed E-state index contributed by atoms with van der Waals surface area (Å²) in [6.45, 7) is 5.39. The molecule has 1 heterocycles. The number of rotatable bonds is 6. The molecule has 0 saturated heterocycles. The Hall–Kier alpha value is -0.810. The molecule has 0 amide bonds. The van der Waals surface area contributed by atoms with Gasteiger partial charge in [0.2, 0.25) is 0 Å². The molecule has 3 heteroatoms. The highest BCUT2D eigenvalue weighted by atomic mass is 127. The van der Waals surface area contributed by atoms with E-state index in [9.17, 15) is 0 Å². The van der Waals surface area contributed by atoms with Crippen molar-refractivity contribution in [2.45, 2.75) is 32.7 Å². The third-order valence-electron chi connectivity index (χ3n) is 3.16. The van der Waals surface area contributed by atoms with E-state index in [4.69, 9.17) is 4.42 Å². The smallest absolute Gasteiger partial charge is 0.135 e. The Kier molecular flexibility index (Phi) is 5.45. The highest BCUT2D eigenvalue weighted by Gasteiger charge is 2.14. The van der Waals surface area contributed by atoms with Crippen LogP contribution in [-0.4, -0.2) is 6.54 Å². The van der Waals surface area contributed by atoms with Gasteiger partial charge in [-0.1, -0.05) is 32.0 Å². The Morgan fingerprint density at radius 1 is 1.16 bits per heavy atom. The number of hydrogen-bond donors (Lipinski definition) is 1. The fourth-order valence-corrected chi connectivity index (χ4v) is 2.76. The van der Waals surface area contributed by atoms with Crippen molar-refractivity contribution in [2.75, 3.05) is 6.54 Å². The molecule has 1 unspecified atom stereocenters. The summed E-state index contributed by atoms with van der Waals surface area (Å²) >= 11 is 2.35. The lowest BCUT2D eigenvalue weighted by atomic mass is 10.1. The highest BCUT2D eigenvalue weighted by molar-refractivity contribution is 14.1. The third-order valence-corrected chi connectivity index (χ3v) is 4.10. The van der Waals surface area contributed by atoms with Crippen molar-refractivity contribution in [1.29, 1.82) is 0 Å². The molecule has 2 aromatic rings. The number of furan rings is 1. The maximum Gasteiger partial charge on any atom is 0.135 e. The van der Waals surface area contributed by atoms with Gasteiger partial charge in [0, 0.05) is 9.13 Å². The van der Waals surface area contributed by atoms with Crippen molar-refractivity contribution < 1.29 is 4.42 Å². The highest BCUT2D eigenvalue weighted by Crippen LogP contribution is 2.29. The zero-order chi connectivity index (χ0) is 13.7. The molecule has 1 aromatic heterocycles. The summed E-state index contributed by atoms with van der Waals surface area (Å²) in [6.07, 6.45) is 2.18. The first-order valence-corrected chi connectivity index (χ1v) is 7.92. The molecule has 0 aliphatic heterocycles. The summed E-state index contributed by atoms with van der Waals surface area (Å²) in [5.41, 5.74) is 1.17. The molecule has 1 aromatic carbocycles. The van der Waals surface area contributed by atoms with Gasteiger partial charge in [0.15, 0.2) is 0 Å². The van der Waals surface area contributed by atoms with Crippen molar-refractivity contribution in [3.63, 3.8) is 0 Å². The number of benzene rings is 1. The Balaban J connectivity index is 2.21. The van der Waals surface area contributed by atoms with E-state index in [1.807, 2.05) is 12.1 Å². The molecule has 19 heavy (non-hydrogen) atoms. The third kappa shape index (κ3) is 3.60. The van der Waals surface area contributed by atoms with E-state index < -0.39 is 0 Å². The summed E-state index contributed by atoms with van der Waals surface area (Å²) in [4.78, 5) is 0. The summed E-state index contributed by atoms with van der Waals surface area (Å²) < 4.78 is 7.25. The van der Waals surface area contributed by atoms with Crippen molar-refractivity contribution in [3.8, 4) is 11.3 Å². The van der Waals surface area contributed by atoms with Gasteiger partial charge in [0.1, 0.15) is 11.5 Å². The summed E-state index contributed by atoms with van der Waals surface area (Å²) in [6, 6.07) is 12.8. The van der Waals surface area contributed by atoms with Crippen LogP contribution in [0.3, 0.4) is 0 Å². The largest absolute Gasteiger partial charge is 0.459 e. The first kappa shape index (κ1) is 14.6. The molecule has 0 saturated carbocycles. The fourth-order valence-electron chi connectivity index (χ4n) is 2.11. The van der Waals surface area contributed by atoms with Gasteiger partial charge in [0.25, 0.3) is 0 Å². The fraction of sp³-hybridized carbons (Fsp3) is 0.375. The van der Waals surface area contributed by atoms with E-state index in [-0.39, 0.29) is 0 Å². The molecule has 0 bridgehead atoms. The van der Waals surface area contributed by atoms with E-state index in [2.05, 4.69) is 66.0 Å². The van der Waals surface area contributed by atoms with Gasteiger partial charge >= 0.3 is 0 Å². The first-order chi connectivity index (χ1) is 9.26. The first-order valence-electron chi connectivity index (χ1n) is 6.84. The molecule has 0 aliphatic rings. The van der Waals surface area contributed by atoms with Gasteiger partial charge in [-0.25, -0.2) is 0 Å². The molecule has 0 radical (unpaired) electrons. The average molecular weight is 369 g/mol. The Morgan fingerprint density at radius 3 is 2.63 bits per heavy atom. The lowest BCUT2D eigenvalue weighted by molar-refractivity contribution is 0.411. The number of halogens is 1. The number of nitrogens with one attached hydrogen (secondary N) is 1. The van der Waals surface area contributed by atoms with Gasteiger partial charge in [-0.15, -0.1) is 0 Å². The normalized spacial score (nSPS) is 12.6. The van der Waals surface area contributed by atoms with Crippen molar-refractivity contribution in [1.82, 2.24) is 5.32 Å². The van der Waals surface area contributed by atoms with Crippen LogP contribution in [0.4, 0.5) is 0 Å². The zero-order valence-corrected chi connectivity index (χ0v) is 13.6. The predicted octanol–water partition coefficient (Wildman–Crippen LogP) is 5.00. The Bertz CT molecular complexity index is 521. The molecule has 102 valence electrons. The Morgan fingerprint density at radius 2 is 1.95 bits per heavy atom. The van der Waals surface area contributed by atoms with Gasteiger partial charge in [-0.2, -0.15) is 0 Å². The molecule has 1 atom stereocenters. The van der Waals surface area contributed by atoms with Gasteiger partial charge < -0.3 is 9.73 Å². The molecular weight excluding hydrogens is 349 g/mol. The van der Waals surface area contributed by atoms with Crippen LogP contribution < -0.4 is 5.32 Å². The van der Waals surface area contributed by atoms with E-state index in [0.29, 0.717) is 6.04 Å². The predicted molar refractivity (Wildman–Crippen MR) is 88.2 cm³/mol. The topological polar surface area (TPSA) is 25.2 Å². The molecule has 0 aliphatic carbocycles. The van der Waals surface area contributed by atoms with Crippen LogP contribution in [0.2, 0.25) is 0 Å². The summed E-state index contributed by atoms with van der Waals surface area (Å²) in [7, 11) is 0. The number of hydrogen-bond acceptors (Lipinski definition) is 2. The standard InChI is InChI=1S/C16H20INO/c1-3-11-18-14(4-2)16-10-9-15(19-16)12-7-5-6-8-13(12)17/h5-10,14,18H,3-4,11H2,1-2H3. The van der Waals surface area contributed by atoms with Crippen LogP contribution in [0.25, 0.3) is 11.3 Å². The maximum atomic E-state index is 6.03. The van der Waals surface area contributed by atoms with Crippen molar-refractivity contribution in [3.05, 3.63) is 45.7 Å². The van der Waals surface area contributed by atoms with E-state index in [1.54, 1.807) is 0 Å². The lowest BCUT2D eigenvalue weighted by Crippen LogP contribution is -2.20. The van der Waals surface area contributed by atoms with Crippen LogP contribution in [0.5, 0.6) is 0 Å². The lowest BCUT2D eigenvalue weighted by Gasteiger charge is -2.13. The SMILES string of the molecule is CCCNC(CC)c1ccc(-c2ccccc2I)o1. The summed E-state index contributed by atoms with van der Waals surface area (Å²) in [5.74, 6) is 1.99. The minimum absolute atomic E-state index is 0.315. The summed E-state index contributed by atoms with van der Waals surface area (Å²) in [5, 5.41) is 3.52. The van der Waals surface area contributed by atoms with Crippen molar-refractivity contribution in [2.24, 2.45) is 0 Å². The zero-order valence-electron chi connectivity index (χ0n) is 11.4. The molecular formula is C16H20INO. The molecule has 0 fully saturated rings. The van der Waals surface area contributed by atoms with Gasteiger partial charge in [0.05, 0.1) is 6.04 Å².